The highest BCUT2D eigenvalue weighted by molar-refractivity contribution is 5.21. The largest absolute Gasteiger partial charge is 0.335 e. The molecule has 1 aromatic rings. The summed E-state index contributed by atoms with van der Waals surface area (Å²) in [6, 6.07) is 1.03. The van der Waals surface area contributed by atoms with Crippen LogP contribution in [0, 0.1) is 5.92 Å². The van der Waals surface area contributed by atoms with Gasteiger partial charge in [0.1, 0.15) is 0 Å². The molecule has 2 rings (SSSR count). The molecule has 1 fully saturated rings. The molecular formula is C9H15N3O. The standard InChI is InChI=1S/C9H15N3O/c1-3-8-11-9(13-12-8)10-6(2)7-4-5-7/h6-7H,3-5H2,1-2H3,(H,10,11,12). The molecule has 0 spiro atoms. The second-order valence-electron chi connectivity index (χ2n) is 3.64. The SMILES string of the molecule is CCc1noc(NC(C)C2CC2)n1. The number of anilines is 1. The van der Waals surface area contributed by atoms with Crippen LogP contribution in [0.1, 0.15) is 32.5 Å². The molecule has 0 radical (unpaired) electrons. The van der Waals surface area contributed by atoms with Crippen LogP contribution >= 0.6 is 0 Å². The average molecular weight is 181 g/mol. The van der Waals surface area contributed by atoms with Crippen molar-refractivity contribution in [1.82, 2.24) is 10.1 Å². The molecule has 0 aliphatic heterocycles. The van der Waals surface area contributed by atoms with Gasteiger partial charge in [0.25, 0.3) is 0 Å². The van der Waals surface area contributed by atoms with Crippen LogP contribution in [0.4, 0.5) is 6.01 Å². The first-order valence-electron chi connectivity index (χ1n) is 4.88. The number of nitrogens with one attached hydrogen (secondary N) is 1. The number of hydrogen-bond acceptors (Lipinski definition) is 4. The van der Waals surface area contributed by atoms with Crippen LogP contribution < -0.4 is 5.32 Å². The maximum atomic E-state index is 5.03. The first-order chi connectivity index (χ1) is 6.29. The molecule has 0 saturated heterocycles. The molecule has 1 N–H and O–H groups in total. The zero-order chi connectivity index (χ0) is 9.26. The van der Waals surface area contributed by atoms with Gasteiger partial charge in [0, 0.05) is 12.5 Å². The minimum Gasteiger partial charge on any atom is -0.335 e. The molecule has 0 aromatic carbocycles. The van der Waals surface area contributed by atoms with Crippen molar-refractivity contribution >= 4 is 6.01 Å². The summed E-state index contributed by atoms with van der Waals surface area (Å²) in [6.45, 7) is 4.17. The van der Waals surface area contributed by atoms with Crippen molar-refractivity contribution in [1.29, 1.82) is 0 Å². The van der Waals surface area contributed by atoms with Gasteiger partial charge in [-0.15, -0.1) is 0 Å². The third-order valence-electron chi connectivity index (χ3n) is 2.46. The molecule has 1 aliphatic carbocycles. The Hall–Kier alpha value is -1.06. The lowest BCUT2D eigenvalue weighted by Crippen LogP contribution is -2.17. The molecule has 13 heavy (non-hydrogen) atoms. The highest BCUT2D eigenvalue weighted by Crippen LogP contribution is 2.33. The van der Waals surface area contributed by atoms with Gasteiger partial charge in [-0.3, -0.25) is 0 Å². The van der Waals surface area contributed by atoms with Crippen molar-refractivity contribution in [3.05, 3.63) is 5.82 Å². The van der Waals surface area contributed by atoms with E-state index in [0.717, 1.165) is 18.2 Å². The van der Waals surface area contributed by atoms with Crippen molar-refractivity contribution in [3.63, 3.8) is 0 Å². The summed E-state index contributed by atoms with van der Waals surface area (Å²) in [4.78, 5) is 4.19. The molecule has 1 aliphatic rings. The predicted octanol–water partition coefficient (Wildman–Crippen LogP) is 1.84. The fourth-order valence-corrected chi connectivity index (χ4v) is 1.37. The van der Waals surface area contributed by atoms with E-state index in [1.807, 2.05) is 6.92 Å². The number of hydrogen-bond donors (Lipinski definition) is 1. The van der Waals surface area contributed by atoms with E-state index in [2.05, 4.69) is 22.4 Å². The molecule has 1 aromatic heterocycles. The Kier molecular flexibility index (Phi) is 2.20. The Morgan fingerprint density at radius 1 is 1.62 bits per heavy atom. The smallest absolute Gasteiger partial charge is 0.321 e. The van der Waals surface area contributed by atoms with E-state index in [9.17, 15) is 0 Å². The van der Waals surface area contributed by atoms with E-state index in [4.69, 9.17) is 4.52 Å². The van der Waals surface area contributed by atoms with Crippen molar-refractivity contribution in [3.8, 4) is 0 Å². The molecular weight excluding hydrogens is 166 g/mol. The molecule has 4 nitrogen and oxygen atoms in total. The zero-order valence-electron chi connectivity index (χ0n) is 8.08. The summed E-state index contributed by atoms with van der Waals surface area (Å²) in [5.74, 6) is 1.57. The summed E-state index contributed by atoms with van der Waals surface area (Å²) in [5.41, 5.74) is 0. The lowest BCUT2D eigenvalue weighted by molar-refractivity contribution is 0.418. The Morgan fingerprint density at radius 3 is 2.92 bits per heavy atom. The van der Waals surface area contributed by atoms with Gasteiger partial charge < -0.3 is 9.84 Å². The highest BCUT2D eigenvalue weighted by Gasteiger charge is 2.28. The average Bonchev–Trinajstić information content (AvgIpc) is 2.88. The first-order valence-corrected chi connectivity index (χ1v) is 4.88. The van der Waals surface area contributed by atoms with Gasteiger partial charge in [0.2, 0.25) is 0 Å². The van der Waals surface area contributed by atoms with Crippen LogP contribution in [0.5, 0.6) is 0 Å². The third-order valence-corrected chi connectivity index (χ3v) is 2.46. The number of aromatic nitrogens is 2. The minimum atomic E-state index is 0.463. The van der Waals surface area contributed by atoms with Gasteiger partial charge in [0.15, 0.2) is 5.82 Å². The monoisotopic (exact) mass is 181 g/mol. The van der Waals surface area contributed by atoms with Gasteiger partial charge in [-0.2, -0.15) is 4.98 Å². The van der Waals surface area contributed by atoms with Crippen LogP contribution in [0.2, 0.25) is 0 Å². The molecule has 1 saturated carbocycles. The molecule has 0 bridgehead atoms. The van der Waals surface area contributed by atoms with Gasteiger partial charge in [0.05, 0.1) is 0 Å². The summed E-state index contributed by atoms with van der Waals surface area (Å²) in [5, 5.41) is 7.04. The number of rotatable bonds is 4. The number of nitrogens with zero attached hydrogens (tertiary/aromatic N) is 2. The lowest BCUT2D eigenvalue weighted by atomic mass is 10.2. The molecule has 1 heterocycles. The molecule has 72 valence electrons. The Bertz CT molecular complexity index is 280. The molecule has 4 heteroatoms. The van der Waals surface area contributed by atoms with Crippen molar-refractivity contribution in [2.75, 3.05) is 5.32 Å². The quantitative estimate of drug-likeness (QED) is 0.770. The fourth-order valence-electron chi connectivity index (χ4n) is 1.37. The summed E-state index contributed by atoms with van der Waals surface area (Å²) < 4.78 is 5.03. The van der Waals surface area contributed by atoms with Crippen LogP contribution in [0.15, 0.2) is 4.52 Å². The van der Waals surface area contributed by atoms with E-state index in [-0.39, 0.29) is 0 Å². The Balaban J connectivity index is 1.92. The van der Waals surface area contributed by atoms with E-state index in [1.165, 1.54) is 12.8 Å². The first kappa shape index (κ1) is 8.53. The van der Waals surface area contributed by atoms with E-state index in [0.29, 0.717) is 12.1 Å². The second kappa shape index (κ2) is 3.36. The maximum absolute atomic E-state index is 5.03. The van der Waals surface area contributed by atoms with Gasteiger partial charge in [-0.05, 0) is 25.7 Å². The van der Waals surface area contributed by atoms with E-state index in [1.54, 1.807) is 0 Å². The zero-order valence-corrected chi connectivity index (χ0v) is 8.08. The Labute approximate surface area is 77.7 Å². The fraction of sp³-hybridized carbons (Fsp3) is 0.778. The lowest BCUT2D eigenvalue weighted by Gasteiger charge is -2.08. The van der Waals surface area contributed by atoms with E-state index >= 15 is 0 Å². The normalized spacial score (nSPS) is 18.6. The van der Waals surface area contributed by atoms with Crippen LogP contribution in [-0.4, -0.2) is 16.2 Å². The van der Waals surface area contributed by atoms with Crippen LogP contribution in [0.3, 0.4) is 0 Å². The van der Waals surface area contributed by atoms with Crippen LogP contribution in [-0.2, 0) is 6.42 Å². The second-order valence-corrected chi connectivity index (χ2v) is 3.64. The molecule has 0 amide bonds. The molecule has 1 atom stereocenters. The summed E-state index contributed by atoms with van der Waals surface area (Å²) in [7, 11) is 0. The highest BCUT2D eigenvalue weighted by atomic mass is 16.5. The predicted molar refractivity (Wildman–Crippen MR) is 49.5 cm³/mol. The van der Waals surface area contributed by atoms with Crippen molar-refractivity contribution in [2.24, 2.45) is 5.92 Å². The van der Waals surface area contributed by atoms with Crippen LogP contribution in [0.25, 0.3) is 0 Å². The van der Waals surface area contributed by atoms with Gasteiger partial charge in [-0.25, -0.2) is 0 Å². The topological polar surface area (TPSA) is 51.0 Å². The van der Waals surface area contributed by atoms with E-state index < -0.39 is 0 Å². The summed E-state index contributed by atoms with van der Waals surface area (Å²) in [6.07, 6.45) is 3.47. The summed E-state index contributed by atoms with van der Waals surface area (Å²) >= 11 is 0. The van der Waals surface area contributed by atoms with Gasteiger partial charge >= 0.3 is 6.01 Å². The minimum absolute atomic E-state index is 0.463. The molecule has 1 unspecified atom stereocenters. The number of aryl methyl sites for hydroxylation is 1. The maximum Gasteiger partial charge on any atom is 0.321 e. The Morgan fingerprint density at radius 2 is 2.38 bits per heavy atom. The third kappa shape index (κ3) is 1.99. The van der Waals surface area contributed by atoms with Gasteiger partial charge in [-0.1, -0.05) is 12.1 Å². The van der Waals surface area contributed by atoms with Crippen molar-refractivity contribution in [2.45, 2.75) is 39.2 Å². The van der Waals surface area contributed by atoms with Crippen molar-refractivity contribution < 1.29 is 4.52 Å².